The highest BCUT2D eigenvalue weighted by Crippen LogP contribution is 2.22. The first-order valence-electron chi connectivity index (χ1n) is 5.63. The van der Waals surface area contributed by atoms with Crippen molar-refractivity contribution in [3.63, 3.8) is 0 Å². The number of carbonyl (C=O) groups is 1. The fourth-order valence-electron chi connectivity index (χ4n) is 1.14. The zero-order valence-electron chi connectivity index (χ0n) is 11.3. The number of oxazole rings is 1. The summed E-state index contributed by atoms with van der Waals surface area (Å²) < 4.78 is 5.19. The summed E-state index contributed by atoms with van der Waals surface area (Å²) in [4.78, 5) is 15.8. The average molecular weight is 239 g/mol. The number of nitrogens with zero attached hydrogens (tertiary/aromatic N) is 1. The van der Waals surface area contributed by atoms with Gasteiger partial charge in [-0.1, -0.05) is 20.8 Å². The van der Waals surface area contributed by atoms with Crippen LogP contribution < -0.4 is 10.6 Å². The molecule has 5 nitrogen and oxygen atoms in total. The Labute approximate surface area is 102 Å². The van der Waals surface area contributed by atoms with E-state index in [2.05, 4.69) is 15.6 Å². The number of hydrogen-bond acceptors (Lipinski definition) is 3. The van der Waals surface area contributed by atoms with Crippen LogP contribution in [0.2, 0.25) is 0 Å². The van der Waals surface area contributed by atoms with Gasteiger partial charge in [0.1, 0.15) is 6.26 Å². The minimum Gasteiger partial charge on any atom is -0.432 e. The highest BCUT2D eigenvalue weighted by molar-refractivity contribution is 5.87. The average Bonchev–Trinajstić information content (AvgIpc) is 2.47. The summed E-state index contributed by atoms with van der Waals surface area (Å²) in [6.45, 7) is 11.8. The second kappa shape index (κ2) is 4.39. The van der Waals surface area contributed by atoms with Crippen LogP contribution in [0.25, 0.3) is 0 Å². The summed E-state index contributed by atoms with van der Waals surface area (Å²) >= 11 is 0. The summed E-state index contributed by atoms with van der Waals surface area (Å²) in [5.74, 6) is 0. The zero-order chi connectivity index (χ0) is 13.3. The smallest absolute Gasteiger partial charge is 0.323 e. The van der Waals surface area contributed by atoms with E-state index in [0.717, 1.165) is 5.69 Å². The molecule has 5 heteroatoms. The molecule has 0 saturated carbocycles. The zero-order valence-corrected chi connectivity index (χ0v) is 11.3. The Kier molecular flexibility index (Phi) is 3.50. The highest BCUT2D eigenvalue weighted by atomic mass is 16.4. The van der Waals surface area contributed by atoms with E-state index in [1.165, 1.54) is 0 Å². The third kappa shape index (κ3) is 4.46. The standard InChI is InChI=1S/C12H21N3O2/c1-11(2,3)8-7-17-10(13-8)14-9(16)15-12(4,5)6/h7H,1-6H3,(H2,13,14,15,16). The first-order valence-corrected chi connectivity index (χ1v) is 5.63. The molecule has 96 valence electrons. The molecule has 0 aliphatic carbocycles. The number of anilines is 1. The second-order valence-electron chi connectivity index (χ2n) is 6.12. The third-order valence-corrected chi connectivity index (χ3v) is 1.98. The van der Waals surface area contributed by atoms with Gasteiger partial charge in [0.05, 0.1) is 5.69 Å². The quantitative estimate of drug-likeness (QED) is 0.791. The van der Waals surface area contributed by atoms with E-state index in [-0.39, 0.29) is 23.0 Å². The maximum atomic E-state index is 11.6. The molecule has 0 fully saturated rings. The van der Waals surface area contributed by atoms with Crippen molar-refractivity contribution in [2.24, 2.45) is 0 Å². The van der Waals surface area contributed by atoms with Crippen molar-refractivity contribution in [2.45, 2.75) is 52.5 Å². The van der Waals surface area contributed by atoms with Crippen LogP contribution in [0.15, 0.2) is 10.7 Å². The normalized spacial score (nSPS) is 12.4. The molecule has 0 bridgehead atoms. The van der Waals surface area contributed by atoms with Gasteiger partial charge in [-0.05, 0) is 20.8 Å². The number of aromatic nitrogens is 1. The van der Waals surface area contributed by atoms with Crippen molar-refractivity contribution in [2.75, 3.05) is 5.32 Å². The molecule has 0 aliphatic heterocycles. The van der Waals surface area contributed by atoms with Crippen LogP contribution >= 0.6 is 0 Å². The maximum Gasteiger partial charge on any atom is 0.323 e. The van der Waals surface area contributed by atoms with Gasteiger partial charge in [-0.3, -0.25) is 5.32 Å². The maximum absolute atomic E-state index is 11.6. The van der Waals surface area contributed by atoms with Crippen molar-refractivity contribution in [3.05, 3.63) is 12.0 Å². The fraction of sp³-hybridized carbons (Fsp3) is 0.667. The van der Waals surface area contributed by atoms with Gasteiger partial charge in [0.25, 0.3) is 0 Å². The molecule has 2 N–H and O–H groups in total. The molecule has 0 saturated heterocycles. The number of urea groups is 1. The predicted octanol–water partition coefficient (Wildman–Crippen LogP) is 2.89. The Morgan fingerprint density at radius 1 is 1.24 bits per heavy atom. The molecule has 0 spiro atoms. The minimum absolute atomic E-state index is 0.0933. The summed E-state index contributed by atoms with van der Waals surface area (Å²) in [5, 5.41) is 5.33. The first kappa shape index (κ1) is 13.5. The molecule has 17 heavy (non-hydrogen) atoms. The van der Waals surface area contributed by atoms with Crippen molar-refractivity contribution in [3.8, 4) is 0 Å². The molecule has 0 atom stereocenters. The summed E-state index contributed by atoms with van der Waals surface area (Å²) in [7, 11) is 0. The lowest BCUT2D eigenvalue weighted by molar-refractivity contribution is 0.243. The van der Waals surface area contributed by atoms with Gasteiger partial charge in [0.2, 0.25) is 0 Å². The van der Waals surface area contributed by atoms with Crippen LogP contribution in [-0.2, 0) is 5.41 Å². The van der Waals surface area contributed by atoms with Crippen LogP contribution in [0.5, 0.6) is 0 Å². The first-order chi connectivity index (χ1) is 7.58. The predicted molar refractivity (Wildman–Crippen MR) is 67.1 cm³/mol. The third-order valence-electron chi connectivity index (χ3n) is 1.98. The number of nitrogens with one attached hydrogen (secondary N) is 2. The Hall–Kier alpha value is -1.52. The Morgan fingerprint density at radius 2 is 1.82 bits per heavy atom. The monoisotopic (exact) mass is 239 g/mol. The summed E-state index contributed by atoms with van der Waals surface area (Å²) in [6, 6.07) is -0.100. The van der Waals surface area contributed by atoms with E-state index in [0.29, 0.717) is 0 Å². The van der Waals surface area contributed by atoms with E-state index in [9.17, 15) is 4.79 Å². The molecule has 0 radical (unpaired) electrons. The van der Waals surface area contributed by atoms with Crippen LogP contribution in [-0.4, -0.2) is 16.6 Å². The summed E-state index contributed by atoms with van der Waals surface area (Å²) in [5.41, 5.74) is 0.427. The molecule has 1 heterocycles. The Balaban J connectivity index is 2.65. The van der Waals surface area contributed by atoms with Crippen LogP contribution in [0.4, 0.5) is 10.8 Å². The van der Waals surface area contributed by atoms with E-state index < -0.39 is 0 Å². The Bertz CT molecular complexity index is 397. The SMILES string of the molecule is CC(C)(C)NC(=O)Nc1nc(C(C)(C)C)co1. The topological polar surface area (TPSA) is 67.2 Å². The van der Waals surface area contributed by atoms with Gasteiger partial charge >= 0.3 is 12.0 Å². The van der Waals surface area contributed by atoms with E-state index in [1.807, 2.05) is 41.5 Å². The molecular weight excluding hydrogens is 218 g/mol. The fourth-order valence-corrected chi connectivity index (χ4v) is 1.14. The largest absolute Gasteiger partial charge is 0.432 e. The molecule has 1 rings (SSSR count). The van der Waals surface area contributed by atoms with Crippen molar-refractivity contribution >= 4 is 12.0 Å². The molecule has 0 aliphatic rings. The van der Waals surface area contributed by atoms with Crippen molar-refractivity contribution < 1.29 is 9.21 Å². The van der Waals surface area contributed by atoms with Gasteiger partial charge in [-0.25, -0.2) is 4.79 Å². The van der Waals surface area contributed by atoms with Crippen LogP contribution in [0.3, 0.4) is 0 Å². The number of rotatable bonds is 1. The molecule has 0 unspecified atom stereocenters. The van der Waals surface area contributed by atoms with Crippen molar-refractivity contribution in [1.82, 2.24) is 10.3 Å². The lowest BCUT2D eigenvalue weighted by atomic mass is 9.93. The number of hydrogen-bond donors (Lipinski definition) is 2. The molecule has 2 amide bonds. The minimum atomic E-state index is -0.320. The van der Waals surface area contributed by atoms with E-state index in [4.69, 9.17) is 4.42 Å². The molecule has 0 aromatic carbocycles. The molecule has 1 aromatic rings. The van der Waals surface area contributed by atoms with Gasteiger partial charge < -0.3 is 9.73 Å². The second-order valence-corrected chi connectivity index (χ2v) is 6.12. The Morgan fingerprint density at radius 3 is 2.24 bits per heavy atom. The van der Waals surface area contributed by atoms with Crippen LogP contribution in [0, 0.1) is 0 Å². The van der Waals surface area contributed by atoms with E-state index >= 15 is 0 Å². The van der Waals surface area contributed by atoms with Gasteiger partial charge in [0.15, 0.2) is 0 Å². The summed E-state index contributed by atoms with van der Waals surface area (Å²) in [6.07, 6.45) is 1.56. The van der Waals surface area contributed by atoms with Crippen molar-refractivity contribution in [1.29, 1.82) is 0 Å². The van der Waals surface area contributed by atoms with Crippen LogP contribution in [0.1, 0.15) is 47.2 Å². The molecular formula is C12H21N3O2. The lowest BCUT2D eigenvalue weighted by Gasteiger charge is -2.19. The van der Waals surface area contributed by atoms with Gasteiger partial charge in [-0.15, -0.1) is 0 Å². The van der Waals surface area contributed by atoms with Gasteiger partial charge in [-0.2, -0.15) is 4.98 Å². The molecule has 1 aromatic heterocycles. The number of amides is 2. The van der Waals surface area contributed by atoms with E-state index in [1.54, 1.807) is 6.26 Å². The highest BCUT2D eigenvalue weighted by Gasteiger charge is 2.20. The lowest BCUT2D eigenvalue weighted by Crippen LogP contribution is -2.43. The van der Waals surface area contributed by atoms with Gasteiger partial charge in [0, 0.05) is 11.0 Å². The number of carbonyl (C=O) groups excluding carboxylic acids is 1.